The first-order valence-corrected chi connectivity index (χ1v) is 10.9. The minimum Gasteiger partial charge on any atom is -0.440 e. The minimum atomic E-state index is -0.309. The quantitative estimate of drug-likeness (QED) is 0.634. The summed E-state index contributed by atoms with van der Waals surface area (Å²) < 4.78 is 6.07. The smallest absolute Gasteiger partial charge is 0.205 e. The Morgan fingerprint density at radius 3 is 2.48 bits per heavy atom. The van der Waals surface area contributed by atoms with Crippen molar-refractivity contribution in [3.63, 3.8) is 0 Å². The molecule has 0 radical (unpaired) electrons. The van der Waals surface area contributed by atoms with Gasteiger partial charge in [0.15, 0.2) is 0 Å². The SMILES string of the molecule is CC(C)N1CC2=C(OC(N)=C(C#N)[C@H]2c2cccc(Cl)c2)/C(=C\c2cccc(Cl)c2)C1. The fourth-order valence-electron chi connectivity index (χ4n) is 4.13. The van der Waals surface area contributed by atoms with Crippen LogP contribution in [0.25, 0.3) is 6.08 Å². The van der Waals surface area contributed by atoms with Crippen LogP contribution < -0.4 is 5.73 Å². The molecule has 2 heterocycles. The molecule has 2 N–H and O–H groups in total. The van der Waals surface area contributed by atoms with Crippen LogP contribution in [0.2, 0.25) is 10.0 Å². The third kappa shape index (κ3) is 4.36. The monoisotopic (exact) mass is 451 g/mol. The third-order valence-corrected chi connectivity index (χ3v) is 6.14. The number of benzene rings is 2. The van der Waals surface area contributed by atoms with Gasteiger partial charge in [0.2, 0.25) is 5.88 Å². The number of allylic oxidation sites excluding steroid dienone is 1. The molecule has 158 valence electrons. The van der Waals surface area contributed by atoms with E-state index in [0.717, 1.165) is 28.0 Å². The highest BCUT2D eigenvalue weighted by molar-refractivity contribution is 6.31. The molecule has 0 unspecified atom stereocenters. The van der Waals surface area contributed by atoms with Crippen molar-refractivity contribution in [1.29, 1.82) is 5.26 Å². The number of hydrogen-bond acceptors (Lipinski definition) is 4. The maximum absolute atomic E-state index is 9.89. The Kier molecular flexibility index (Phi) is 6.11. The number of nitriles is 1. The Bertz CT molecular complexity index is 1160. The Balaban J connectivity index is 1.90. The summed E-state index contributed by atoms with van der Waals surface area (Å²) >= 11 is 12.5. The number of nitrogens with two attached hydrogens (primary N) is 1. The fraction of sp³-hybridized carbons (Fsp3) is 0.240. The van der Waals surface area contributed by atoms with E-state index in [-0.39, 0.29) is 11.8 Å². The van der Waals surface area contributed by atoms with E-state index in [1.54, 1.807) is 0 Å². The van der Waals surface area contributed by atoms with Gasteiger partial charge in [0, 0.05) is 34.7 Å². The molecule has 0 saturated carbocycles. The van der Waals surface area contributed by atoms with E-state index >= 15 is 0 Å². The predicted octanol–water partition coefficient (Wildman–Crippen LogP) is 5.86. The van der Waals surface area contributed by atoms with Gasteiger partial charge in [-0.2, -0.15) is 5.26 Å². The molecule has 0 fully saturated rings. The highest BCUT2D eigenvalue weighted by Gasteiger charge is 2.38. The van der Waals surface area contributed by atoms with Crippen LogP contribution in [0, 0.1) is 11.3 Å². The lowest BCUT2D eigenvalue weighted by Crippen LogP contribution is -2.41. The lowest BCUT2D eigenvalue weighted by molar-refractivity contribution is 0.208. The van der Waals surface area contributed by atoms with Crippen LogP contribution in [0.15, 0.2) is 76.9 Å². The molecule has 2 aliphatic heterocycles. The molecule has 2 aromatic carbocycles. The van der Waals surface area contributed by atoms with Gasteiger partial charge in [-0.1, -0.05) is 47.5 Å². The third-order valence-electron chi connectivity index (χ3n) is 5.67. The summed E-state index contributed by atoms with van der Waals surface area (Å²) in [7, 11) is 0. The molecule has 4 nitrogen and oxygen atoms in total. The second-order valence-corrected chi connectivity index (χ2v) is 8.93. The molecular weight excluding hydrogens is 429 g/mol. The standard InChI is InChI=1S/C25H23Cl2N3O/c1-15(2)30-13-18(9-16-5-3-7-19(26)10-16)24-22(14-30)23(21(12-28)25(29)31-24)17-6-4-8-20(27)11-17/h3-11,15,23H,13-14,29H2,1-2H3/b18-9-/t23-/m1/s1. The van der Waals surface area contributed by atoms with Gasteiger partial charge in [-0.25, -0.2) is 0 Å². The highest BCUT2D eigenvalue weighted by atomic mass is 35.5. The highest BCUT2D eigenvalue weighted by Crippen LogP contribution is 2.44. The number of hydrogen-bond donors (Lipinski definition) is 1. The predicted molar refractivity (Wildman–Crippen MR) is 125 cm³/mol. The van der Waals surface area contributed by atoms with Crippen LogP contribution in [-0.2, 0) is 4.74 Å². The molecule has 1 atom stereocenters. The van der Waals surface area contributed by atoms with Gasteiger partial charge in [-0.15, -0.1) is 0 Å². The maximum atomic E-state index is 9.89. The van der Waals surface area contributed by atoms with E-state index in [1.807, 2.05) is 48.5 Å². The van der Waals surface area contributed by atoms with Gasteiger partial charge in [0.25, 0.3) is 0 Å². The van der Waals surface area contributed by atoms with Crippen molar-refractivity contribution >= 4 is 29.3 Å². The lowest BCUT2D eigenvalue weighted by Gasteiger charge is -2.40. The average molecular weight is 452 g/mol. The van der Waals surface area contributed by atoms with E-state index in [2.05, 4.69) is 30.9 Å². The topological polar surface area (TPSA) is 62.3 Å². The molecule has 0 aliphatic carbocycles. The van der Waals surface area contributed by atoms with Crippen molar-refractivity contribution in [2.45, 2.75) is 25.8 Å². The molecule has 2 aromatic rings. The molecule has 0 amide bonds. The summed E-state index contributed by atoms with van der Waals surface area (Å²) in [6.07, 6.45) is 2.08. The Labute approximate surface area is 192 Å². The van der Waals surface area contributed by atoms with Crippen LogP contribution in [0.5, 0.6) is 0 Å². The van der Waals surface area contributed by atoms with E-state index in [0.29, 0.717) is 34.7 Å². The lowest BCUT2D eigenvalue weighted by atomic mass is 9.80. The van der Waals surface area contributed by atoms with Gasteiger partial charge in [0.05, 0.1) is 5.92 Å². The Hall–Kier alpha value is -2.71. The van der Waals surface area contributed by atoms with Gasteiger partial charge in [-0.3, -0.25) is 4.90 Å². The van der Waals surface area contributed by atoms with Crippen molar-refractivity contribution in [2.75, 3.05) is 13.1 Å². The first kappa shape index (κ1) is 21.5. The zero-order valence-corrected chi connectivity index (χ0v) is 18.9. The van der Waals surface area contributed by atoms with Crippen molar-refractivity contribution in [3.8, 4) is 6.07 Å². The molecule has 0 bridgehead atoms. The van der Waals surface area contributed by atoms with Crippen molar-refractivity contribution < 1.29 is 4.74 Å². The van der Waals surface area contributed by atoms with Gasteiger partial charge >= 0.3 is 0 Å². The first-order chi connectivity index (χ1) is 14.9. The summed E-state index contributed by atoms with van der Waals surface area (Å²) in [4.78, 5) is 2.35. The molecule has 0 aromatic heterocycles. The molecule has 0 saturated heterocycles. The summed E-state index contributed by atoms with van der Waals surface area (Å²) in [5, 5.41) is 11.2. The van der Waals surface area contributed by atoms with Crippen LogP contribution in [0.3, 0.4) is 0 Å². The van der Waals surface area contributed by atoms with Crippen LogP contribution in [-0.4, -0.2) is 24.0 Å². The molecule has 2 aliphatic rings. The van der Waals surface area contributed by atoms with Crippen molar-refractivity contribution in [3.05, 3.63) is 98.1 Å². The molecule has 0 spiro atoms. The number of halogens is 2. The summed E-state index contributed by atoms with van der Waals surface area (Å²) in [5.41, 5.74) is 10.6. The second kappa shape index (κ2) is 8.80. The molecule has 6 heteroatoms. The minimum absolute atomic E-state index is 0.140. The van der Waals surface area contributed by atoms with Crippen molar-refractivity contribution in [1.82, 2.24) is 4.90 Å². The molecule has 4 rings (SSSR count). The number of nitrogens with zero attached hydrogens (tertiary/aromatic N) is 2. The van der Waals surface area contributed by atoms with Gasteiger partial charge in [-0.05, 0) is 60.9 Å². The van der Waals surface area contributed by atoms with E-state index in [4.69, 9.17) is 33.7 Å². The van der Waals surface area contributed by atoms with Crippen LogP contribution in [0.1, 0.15) is 30.9 Å². The normalized spacial score (nSPS) is 20.6. The summed E-state index contributed by atoms with van der Waals surface area (Å²) in [6.45, 7) is 5.71. The van der Waals surface area contributed by atoms with Crippen LogP contribution >= 0.6 is 23.2 Å². The molecular formula is C25H23Cl2N3O. The Morgan fingerprint density at radius 1 is 1.13 bits per heavy atom. The maximum Gasteiger partial charge on any atom is 0.205 e. The Morgan fingerprint density at radius 2 is 1.84 bits per heavy atom. The van der Waals surface area contributed by atoms with E-state index in [9.17, 15) is 5.26 Å². The molecule has 31 heavy (non-hydrogen) atoms. The zero-order valence-electron chi connectivity index (χ0n) is 17.4. The van der Waals surface area contributed by atoms with Gasteiger partial charge < -0.3 is 10.5 Å². The number of ether oxygens (including phenoxy) is 1. The van der Waals surface area contributed by atoms with E-state index in [1.165, 1.54) is 0 Å². The van der Waals surface area contributed by atoms with Gasteiger partial charge in [0.1, 0.15) is 17.4 Å². The first-order valence-electron chi connectivity index (χ1n) is 10.1. The largest absolute Gasteiger partial charge is 0.440 e. The summed E-state index contributed by atoms with van der Waals surface area (Å²) in [6, 6.07) is 17.9. The second-order valence-electron chi connectivity index (χ2n) is 8.06. The zero-order chi connectivity index (χ0) is 22.1. The van der Waals surface area contributed by atoms with Crippen molar-refractivity contribution in [2.24, 2.45) is 5.73 Å². The average Bonchev–Trinajstić information content (AvgIpc) is 2.73. The number of rotatable bonds is 3. The fourth-order valence-corrected chi connectivity index (χ4v) is 4.52. The van der Waals surface area contributed by atoms with Crippen LogP contribution in [0.4, 0.5) is 0 Å². The summed E-state index contributed by atoms with van der Waals surface area (Å²) in [5.74, 6) is 0.566. The van der Waals surface area contributed by atoms with E-state index < -0.39 is 0 Å².